The topological polar surface area (TPSA) is 49.3 Å². The first-order valence-electron chi connectivity index (χ1n) is 20.6. The van der Waals surface area contributed by atoms with Crippen LogP contribution in [0.15, 0.2) is 0 Å². The van der Waals surface area contributed by atoms with Crippen LogP contribution >= 0.6 is 0 Å². The minimum Gasteiger partial charge on any atom is -0.394 e. The van der Waals surface area contributed by atoms with E-state index in [-0.39, 0.29) is 18.6 Å². The van der Waals surface area contributed by atoms with Gasteiger partial charge in [-0.1, -0.05) is 226 Å². The van der Waals surface area contributed by atoms with E-state index in [9.17, 15) is 9.90 Å². The van der Waals surface area contributed by atoms with E-state index in [2.05, 4.69) is 19.2 Å². The fourth-order valence-electron chi connectivity index (χ4n) is 6.63. The number of hydrogen-bond donors (Lipinski definition) is 2. The Morgan fingerprint density at radius 1 is 0.409 bits per heavy atom. The summed E-state index contributed by atoms with van der Waals surface area (Å²) in [4.78, 5) is 12.3. The molecule has 0 aliphatic heterocycles. The third-order valence-electron chi connectivity index (χ3n) is 9.75. The number of amides is 1. The second kappa shape index (κ2) is 38.6. The Kier molecular flexibility index (Phi) is 38.1. The molecule has 264 valence electrons. The Bertz CT molecular complexity index is 537. The molecule has 0 aromatic heterocycles. The molecule has 0 saturated heterocycles. The quantitative estimate of drug-likeness (QED) is 0.0674. The molecule has 0 radical (unpaired) electrons. The van der Waals surface area contributed by atoms with Crippen LogP contribution in [0.1, 0.15) is 245 Å². The van der Waals surface area contributed by atoms with Gasteiger partial charge in [-0.15, -0.1) is 0 Å². The van der Waals surface area contributed by atoms with Crippen LogP contribution in [0.5, 0.6) is 0 Å². The predicted molar refractivity (Wildman–Crippen MR) is 197 cm³/mol. The number of carbonyl (C=O) groups excluding carboxylic acids is 1. The van der Waals surface area contributed by atoms with E-state index in [1.165, 1.54) is 199 Å². The smallest absolute Gasteiger partial charge is 0.220 e. The van der Waals surface area contributed by atoms with Gasteiger partial charge in [0.25, 0.3) is 0 Å². The lowest BCUT2D eigenvalue weighted by Gasteiger charge is -2.16. The van der Waals surface area contributed by atoms with Crippen molar-refractivity contribution >= 4 is 5.91 Å². The maximum Gasteiger partial charge on any atom is 0.220 e. The summed E-state index contributed by atoms with van der Waals surface area (Å²) in [5, 5.41) is 12.8. The summed E-state index contributed by atoms with van der Waals surface area (Å²) in [6.07, 6.45) is 48.2. The molecule has 0 saturated carbocycles. The highest BCUT2D eigenvalue weighted by Crippen LogP contribution is 2.16. The van der Waals surface area contributed by atoms with Gasteiger partial charge in [0.15, 0.2) is 0 Å². The molecule has 0 rings (SSSR count). The highest BCUT2D eigenvalue weighted by Gasteiger charge is 2.10. The van der Waals surface area contributed by atoms with Crippen molar-refractivity contribution in [3.05, 3.63) is 0 Å². The van der Waals surface area contributed by atoms with Crippen LogP contribution in [0, 0.1) is 0 Å². The van der Waals surface area contributed by atoms with Crippen LogP contribution in [0.25, 0.3) is 0 Å². The molecule has 0 aromatic carbocycles. The lowest BCUT2D eigenvalue weighted by atomic mass is 10.0. The zero-order valence-corrected chi connectivity index (χ0v) is 30.6. The molecule has 1 amide bonds. The van der Waals surface area contributed by atoms with E-state index in [1.807, 2.05) is 0 Å². The van der Waals surface area contributed by atoms with Gasteiger partial charge in [-0.3, -0.25) is 4.79 Å². The van der Waals surface area contributed by atoms with Gasteiger partial charge in [0.2, 0.25) is 5.91 Å². The standard InChI is InChI=1S/C41H83NO2/c1-3-5-7-9-11-13-15-17-18-19-20-21-22-23-24-25-26-28-30-32-34-36-38-41(44)42-40(39-43)37-35-33-31-29-27-16-14-12-10-8-6-4-2/h40,43H,3-39H2,1-2H3,(H,42,44). The summed E-state index contributed by atoms with van der Waals surface area (Å²) in [5.74, 6) is 0.135. The van der Waals surface area contributed by atoms with Gasteiger partial charge in [-0.05, 0) is 12.8 Å². The first-order valence-corrected chi connectivity index (χ1v) is 20.6. The molecule has 1 unspecified atom stereocenters. The summed E-state index contributed by atoms with van der Waals surface area (Å²) < 4.78 is 0. The van der Waals surface area contributed by atoms with Crippen molar-refractivity contribution in [1.29, 1.82) is 0 Å². The minimum atomic E-state index is -0.0506. The van der Waals surface area contributed by atoms with Gasteiger partial charge in [0, 0.05) is 6.42 Å². The lowest BCUT2D eigenvalue weighted by Crippen LogP contribution is -2.37. The molecule has 0 fully saturated rings. The molecular formula is C41H83NO2. The number of nitrogens with one attached hydrogen (secondary N) is 1. The molecule has 0 bridgehead atoms. The van der Waals surface area contributed by atoms with E-state index in [0.717, 1.165) is 25.7 Å². The molecule has 3 nitrogen and oxygen atoms in total. The van der Waals surface area contributed by atoms with Gasteiger partial charge in [-0.25, -0.2) is 0 Å². The highest BCUT2D eigenvalue weighted by atomic mass is 16.3. The normalized spacial score (nSPS) is 12.2. The molecule has 0 heterocycles. The fourth-order valence-corrected chi connectivity index (χ4v) is 6.63. The average molecular weight is 622 g/mol. The summed E-state index contributed by atoms with van der Waals surface area (Å²) in [6.45, 7) is 4.65. The second-order valence-corrected chi connectivity index (χ2v) is 14.3. The van der Waals surface area contributed by atoms with Gasteiger partial charge in [0.05, 0.1) is 12.6 Å². The van der Waals surface area contributed by atoms with Gasteiger partial charge in [0.1, 0.15) is 0 Å². The Hall–Kier alpha value is -0.570. The van der Waals surface area contributed by atoms with E-state index < -0.39 is 0 Å². The van der Waals surface area contributed by atoms with Crippen molar-refractivity contribution in [2.75, 3.05) is 6.61 Å². The van der Waals surface area contributed by atoms with Crippen LogP contribution in [-0.4, -0.2) is 23.7 Å². The number of aliphatic hydroxyl groups is 1. The Labute approximate surface area is 278 Å². The Morgan fingerprint density at radius 2 is 0.659 bits per heavy atom. The number of aliphatic hydroxyl groups excluding tert-OH is 1. The van der Waals surface area contributed by atoms with Crippen molar-refractivity contribution < 1.29 is 9.90 Å². The van der Waals surface area contributed by atoms with Crippen molar-refractivity contribution in [2.45, 2.75) is 251 Å². The van der Waals surface area contributed by atoms with E-state index in [4.69, 9.17) is 0 Å². The minimum absolute atomic E-state index is 0.0506. The summed E-state index contributed by atoms with van der Waals surface area (Å²) >= 11 is 0. The van der Waals surface area contributed by atoms with E-state index in [1.54, 1.807) is 0 Å². The molecule has 1 atom stereocenters. The van der Waals surface area contributed by atoms with Gasteiger partial charge < -0.3 is 10.4 Å². The predicted octanol–water partition coefficient (Wildman–Crippen LogP) is 13.5. The number of carbonyl (C=O) groups is 1. The largest absolute Gasteiger partial charge is 0.394 e. The summed E-state index contributed by atoms with van der Waals surface area (Å²) in [7, 11) is 0. The molecule has 0 aliphatic rings. The van der Waals surface area contributed by atoms with Crippen LogP contribution in [0.3, 0.4) is 0 Å². The lowest BCUT2D eigenvalue weighted by molar-refractivity contribution is -0.122. The third-order valence-corrected chi connectivity index (χ3v) is 9.75. The van der Waals surface area contributed by atoms with Gasteiger partial charge >= 0.3 is 0 Å². The van der Waals surface area contributed by atoms with Crippen LogP contribution in [0.4, 0.5) is 0 Å². The Morgan fingerprint density at radius 3 is 0.932 bits per heavy atom. The van der Waals surface area contributed by atoms with Crippen molar-refractivity contribution in [2.24, 2.45) is 0 Å². The zero-order chi connectivity index (χ0) is 32.0. The van der Waals surface area contributed by atoms with E-state index in [0.29, 0.717) is 6.42 Å². The number of hydrogen-bond acceptors (Lipinski definition) is 2. The molecule has 44 heavy (non-hydrogen) atoms. The van der Waals surface area contributed by atoms with Crippen molar-refractivity contribution in [1.82, 2.24) is 5.32 Å². The SMILES string of the molecule is CCCCCCCCCCCCCCCCCCCCCCCCC(=O)NC(CO)CCCCCCCCCCCCCC. The van der Waals surface area contributed by atoms with Crippen LogP contribution in [0.2, 0.25) is 0 Å². The summed E-state index contributed by atoms with van der Waals surface area (Å²) in [5.41, 5.74) is 0. The Balaban J connectivity index is 3.33. The van der Waals surface area contributed by atoms with Gasteiger partial charge in [-0.2, -0.15) is 0 Å². The first kappa shape index (κ1) is 43.4. The molecular weight excluding hydrogens is 538 g/mol. The van der Waals surface area contributed by atoms with Crippen molar-refractivity contribution in [3.8, 4) is 0 Å². The number of unbranched alkanes of at least 4 members (excludes halogenated alkanes) is 32. The maximum absolute atomic E-state index is 12.3. The second-order valence-electron chi connectivity index (χ2n) is 14.3. The molecule has 2 N–H and O–H groups in total. The zero-order valence-electron chi connectivity index (χ0n) is 30.6. The first-order chi connectivity index (χ1) is 21.7. The molecule has 0 aliphatic carbocycles. The maximum atomic E-state index is 12.3. The van der Waals surface area contributed by atoms with E-state index >= 15 is 0 Å². The highest BCUT2D eigenvalue weighted by molar-refractivity contribution is 5.76. The molecule has 0 spiro atoms. The molecule has 3 heteroatoms. The van der Waals surface area contributed by atoms with Crippen LogP contribution < -0.4 is 5.32 Å². The summed E-state index contributed by atoms with van der Waals surface area (Å²) in [6, 6.07) is -0.0506. The average Bonchev–Trinajstić information content (AvgIpc) is 3.03. The molecule has 0 aromatic rings. The number of rotatable bonds is 38. The van der Waals surface area contributed by atoms with Crippen molar-refractivity contribution in [3.63, 3.8) is 0 Å². The van der Waals surface area contributed by atoms with Crippen LogP contribution in [-0.2, 0) is 4.79 Å². The fraction of sp³-hybridized carbons (Fsp3) is 0.976. The monoisotopic (exact) mass is 622 g/mol. The third kappa shape index (κ3) is 35.9.